The van der Waals surface area contributed by atoms with Crippen LogP contribution in [0.1, 0.15) is 23.9 Å². The zero-order valence-corrected chi connectivity index (χ0v) is 16.3. The molecule has 0 bridgehead atoms. The highest BCUT2D eigenvalue weighted by Gasteiger charge is 2.29. The second-order valence-electron chi connectivity index (χ2n) is 6.88. The van der Waals surface area contributed by atoms with Crippen LogP contribution in [0.3, 0.4) is 0 Å². The number of halogens is 1. The van der Waals surface area contributed by atoms with E-state index in [2.05, 4.69) is 46.7 Å². The van der Waals surface area contributed by atoms with Gasteiger partial charge in [-0.05, 0) is 22.8 Å². The Morgan fingerprint density at radius 1 is 1.22 bits per heavy atom. The van der Waals surface area contributed by atoms with E-state index in [9.17, 15) is 4.79 Å². The Hall–Kier alpha value is -2.37. The molecule has 2 aromatic carbocycles. The summed E-state index contributed by atoms with van der Waals surface area (Å²) in [4.78, 5) is 19.4. The minimum Gasteiger partial charge on any atom is -0.336 e. The zero-order valence-electron chi connectivity index (χ0n) is 15.5. The zero-order chi connectivity index (χ0) is 17.9. The number of hydrogen-bond donors (Lipinski definition) is 1. The maximum atomic E-state index is 12.9. The highest BCUT2D eigenvalue weighted by Crippen LogP contribution is 2.22. The van der Waals surface area contributed by atoms with Crippen LogP contribution >= 0.6 is 12.4 Å². The Kier molecular flexibility index (Phi) is 6.14. The van der Waals surface area contributed by atoms with Crippen LogP contribution in [0.25, 0.3) is 10.8 Å². The van der Waals surface area contributed by atoms with E-state index in [1.54, 1.807) is 6.20 Å². The molecule has 142 valence electrons. The van der Waals surface area contributed by atoms with E-state index in [4.69, 9.17) is 0 Å². The van der Waals surface area contributed by atoms with Gasteiger partial charge in [0.15, 0.2) is 0 Å². The van der Waals surface area contributed by atoms with Gasteiger partial charge in [-0.15, -0.1) is 12.4 Å². The predicted octanol–water partition coefficient (Wildman–Crippen LogP) is 3.10. The first-order valence-electron chi connectivity index (χ1n) is 9.17. The fraction of sp³-hybridized carbons (Fsp3) is 0.333. The molecule has 4 rings (SSSR count). The average molecular weight is 385 g/mol. The standard InChI is InChI=1S/C21H24N4O.ClH/c1-24-12-11-23-21(24)19-15-22-10-13-25(19)20(26)9-7-16-6-8-17-4-2-3-5-18(17)14-16;/h2-6,8,11-12,14,19,22H,7,9-10,13,15H2,1H3;1H. The van der Waals surface area contributed by atoms with Crippen LogP contribution in [0.2, 0.25) is 0 Å². The highest BCUT2D eigenvalue weighted by molar-refractivity contribution is 5.85. The van der Waals surface area contributed by atoms with Crippen LogP contribution in [0.5, 0.6) is 0 Å². The Labute approximate surface area is 165 Å². The van der Waals surface area contributed by atoms with Crippen molar-refractivity contribution in [2.24, 2.45) is 7.05 Å². The lowest BCUT2D eigenvalue weighted by Crippen LogP contribution is -2.49. The van der Waals surface area contributed by atoms with Gasteiger partial charge in [-0.3, -0.25) is 4.79 Å². The van der Waals surface area contributed by atoms with E-state index in [-0.39, 0.29) is 24.4 Å². The number of carbonyl (C=O) groups excluding carboxylic acids is 1. The van der Waals surface area contributed by atoms with E-state index in [1.807, 2.05) is 28.8 Å². The Balaban J connectivity index is 0.00000210. The minimum absolute atomic E-state index is 0. The maximum absolute atomic E-state index is 12.9. The summed E-state index contributed by atoms with van der Waals surface area (Å²) in [5, 5.41) is 5.84. The molecular weight excluding hydrogens is 360 g/mol. The van der Waals surface area contributed by atoms with Crippen molar-refractivity contribution in [2.45, 2.75) is 18.9 Å². The van der Waals surface area contributed by atoms with Crippen LogP contribution in [-0.2, 0) is 18.3 Å². The molecule has 1 aromatic heterocycles. The third-order valence-corrected chi connectivity index (χ3v) is 5.16. The van der Waals surface area contributed by atoms with E-state index in [0.29, 0.717) is 6.42 Å². The Bertz CT molecular complexity index is 923. The van der Waals surface area contributed by atoms with Gasteiger partial charge in [0.05, 0.1) is 0 Å². The molecule has 0 aliphatic carbocycles. The van der Waals surface area contributed by atoms with Crippen LogP contribution < -0.4 is 5.32 Å². The molecule has 1 fully saturated rings. The van der Waals surface area contributed by atoms with Gasteiger partial charge in [-0.25, -0.2) is 4.98 Å². The topological polar surface area (TPSA) is 50.2 Å². The van der Waals surface area contributed by atoms with Crippen molar-refractivity contribution in [1.29, 1.82) is 0 Å². The van der Waals surface area contributed by atoms with Crippen molar-refractivity contribution in [3.63, 3.8) is 0 Å². The number of piperazine rings is 1. The van der Waals surface area contributed by atoms with Gasteiger partial charge in [0, 0.05) is 45.5 Å². The van der Waals surface area contributed by atoms with Gasteiger partial charge in [0.1, 0.15) is 11.9 Å². The summed E-state index contributed by atoms with van der Waals surface area (Å²) in [5.41, 5.74) is 1.21. The summed E-state index contributed by atoms with van der Waals surface area (Å²) >= 11 is 0. The van der Waals surface area contributed by atoms with Gasteiger partial charge in [0.2, 0.25) is 5.91 Å². The summed E-state index contributed by atoms with van der Waals surface area (Å²) in [6, 6.07) is 14.8. The number of imidazole rings is 1. The fourth-order valence-corrected chi connectivity index (χ4v) is 3.72. The highest BCUT2D eigenvalue weighted by atomic mass is 35.5. The molecule has 1 aliphatic heterocycles. The third-order valence-electron chi connectivity index (χ3n) is 5.16. The van der Waals surface area contributed by atoms with Crippen molar-refractivity contribution in [3.8, 4) is 0 Å². The molecule has 5 nitrogen and oxygen atoms in total. The number of aryl methyl sites for hydroxylation is 2. The van der Waals surface area contributed by atoms with Crippen molar-refractivity contribution >= 4 is 29.1 Å². The average Bonchev–Trinajstić information content (AvgIpc) is 3.11. The van der Waals surface area contributed by atoms with Gasteiger partial charge < -0.3 is 14.8 Å². The normalized spacial score (nSPS) is 16.9. The van der Waals surface area contributed by atoms with Crippen molar-refractivity contribution in [1.82, 2.24) is 19.8 Å². The first kappa shape index (κ1) is 19.4. The molecule has 0 radical (unpaired) electrons. The van der Waals surface area contributed by atoms with Crippen LogP contribution in [0.15, 0.2) is 54.9 Å². The van der Waals surface area contributed by atoms with Crippen molar-refractivity contribution in [2.75, 3.05) is 19.6 Å². The number of aromatic nitrogens is 2. The number of hydrogen-bond acceptors (Lipinski definition) is 3. The molecular formula is C21H25ClN4O. The summed E-state index contributed by atoms with van der Waals surface area (Å²) in [6.07, 6.45) is 5.02. The smallest absolute Gasteiger partial charge is 0.223 e. The third kappa shape index (κ3) is 4.15. The summed E-state index contributed by atoms with van der Waals surface area (Å²) in [7, 11) is 1.98. The largest absolute Gasteiger partial charge is 0.336 e. The lowest BCUT2D eigenvalue weighted by Gasteiger charge is -2.35. The molecule has 1 amide bonds. The second kappa shape index (κ2) is 8.55. The predicted molar refractivity (Wildman–Crippen MR) is 110 cm³/mol. The van der Waals surface area contributed by atoms with Gasteiger partial charge in [-0.1, -0.05) is 42.5 Å². The SMILES string of the molecule is Cl.Cn1ccnc1C1CNCCN1C(=O)CCc1ccc2ccccc2c1. The molecule has 1 saturated heterocycles. The molecule has 6 heteroatoms. The van der Waals surface area contributed by atoms with E-state index in [1.165, 1.54) is 16.3 Å². The van der Waals surface area contributed by atoms with E-state index >= 15 is 0 Å². The van der Waals surface area contributed by atoms with Crippen molar-refractivity contribution < 1.29 is 4.79 Å². The van der Waals surface area contributed by atoms with Gasteiger partial charge in [-0.2, -0.15) is 0 Å². The molecule has 3 aromatic rings. The fourth-order valence-electron chi connectivity index (χ4n) is 3.72. The summed E-state index contributed by atoms with van der Waals surface area (Å²) < 4.78 is 2.00. The number of rotatable bonds is 4. The molecule has 1 unspecified atom stereocenters. The Morgan fingerprint density at radius 2 is 2.04 bits per heavy atom. The number of amides is 1. The minimum atomic E-state index is 0. The van der Waals surface area contributed by atoms with E-state index in [0.717, 1.165) is 31.9 Å². The molecule has 0 spiro atoms. The summed E-state index contributed by atoms with van der Waals surface area (Å²) in [6.45, 7) is 2.32. The second-order valence-corrected chi connectivity index (χ2v) is 6.88. The molecule has 1 atom stereocenters. The number of nitrogens with one attached hydrogen (secondary N) is 1. The van der Waals surface area contributed by atoms with Gasteiger partial charge >= 0.3 is 0 Å². The molecule has 1 N–H and O–H groups in total. The monoisotopic (exact) mass is 384 g/mol. The number of nitrogens with zero attached hydrogens (tertiary/aromatic N) is 3. The molecule has 27 heavy (non-hydrogen) atoms. The van der Waals surface area contributed by atoms with Crippen LogP contribution in [-0.4, -0.2) is 40.0 Å². The first-order valence-corrected chi connectivity index (χ1v) is 9.17. The van der Waals surface area contributed by atoms with Gasteiger partial charge in [0.25, 0.3) is 0 Å². The Morgan fingerprint density at radius 3 is 2.81 bits per heavy atom. The summed E-state index contributed by atoms with van der Waals surface area (Å²) in [5.74, 6) is 1.14. The molecule has 0 saturated carbocycles. The first-order chi connectivity index (χ1) is 12.7. The molecule has 1 aliphatic rings. The number of carbonyl (C=O) groups is 1. The lowest BCUT2D eigenvalue weighted by molar-refractivity contribution is -0.134. The molecule has 2 heterocycles. The quantitative estimate of drug-likeness (QED) is 0.752. The van der Waals surface area contributed by atoms with Crippen LogP contribution in [0, 0.1) is 0 Å². The number of fused-ring (bicyclic) bond motifs is 1. The van der Waals surface area contributed by atoms with Crippen LogP contribution in [0.4, 0.5) is 0 Å². The number of benzene rings is 2. The lowest BCUT2D eigenvalue weighted by atomic mass is 10.0. The van der Waals surface area contributed by atoms with E-state index < -0.39 is 0 Å². The maximum Gasteiger partial charge on any atom is 0.223 e. The van der Waals surface area contributed by atoms with Crippen molar-refractivity contribution in [3.05, 3.63) is 66.2 Å².